The number of benzene rings is 3. The number of nitrogens with one attached hydrogen (secondary N) is 1. The molecule has 1 aliphatic heterocycles. The fourth-order valence-corrected chi connectivity index (χ4v) is 3.31. The number of halogens is 1. The average molecular weight is 348 g/mol. The molecule has 4 rings (SSSR count). The summed E-state index contributed by atoms with van der Waals surface area (Å²) in [7, 11) is 0. The van der Waals surface area contributed by atoms with E-state index in [-0.39, 0.29) is 18.3 Å². The number of rotatable bonds is 3. The zero-order chi connectivity index (χ0) is 18.3. The monoisotopic (exact) mass is 348 g/mol. The van der Waals surface area contributed by atoms with Gasteiger partial charge in [-0.05, 0) is 47.0 Å². The van der Waals surface area contributed by atoms with Gasteiger partial charge in [-0.25, -0.2) is 9.18 Å². The van der Waals surface area contributed by atoms with Crippen LogP contribution in [0.2, 0.25) is 0 Å². The predicted octanol–water partition coefficient (Wildman–Crippen LogP) is 3.95. The molecule has 26 heavy (non-hydrogen) atoms. The highest BCUT2D eigenvalue weighted by Crippen LogP contribution is 2.31. The van der Waals surface area contributed by atoms with E-state index in [1.165, 1.54) is 17.0 Å². The largest absolute Gasteiger partial charge is 0.325 e. The predicted molar refractivity (Wildman–Crippen MR) is 96.8 cm³/mol. The number of imide groups is 1. The number of nitrogens with zero attached hydrogens (tertiary/aromatic N) is 1. The van der Waals surface area contributed by atoms with Gasteiger partial charge >= 0.3 is 6.03 Å². The molecule has 0 unspecified atom stereocenters. The van der Waals surface area contributed by atoms with Crippen LogP contribution in [0.3, 0.4) is 0 Å². The molecule has 130 valence electrons. The minimum absolute atomic E-state index is 0.105. The third-order valence-electron chi connectivity index (χ3n) is 4.86. The lowest BCUT2D eigenvalue weighted by molar-refractivity contribution is -0.131. The molecule has 5 heteroatoms. The topological polar surface area (TPSA) is 49.4 Å². The first-order valence-corrected chi connectivity index (χ1v) is 8.35. The van der Waals surface area contributed by atoms with Crippen LogP contribution in [0.4, 0.5) is 9.18 Å². The normalized spacial score (nSPS) is 19.8. The number of carbonyl (C=O) groups is 2. The van der Waals surface area contributed by atoms with E-state index in [2.05, 4.69) is 5.32 Å². The fourth-order valence-electron chi connectivity index (χ4n) is 3.31. The van der Waals surface area contributed by atoms with Crippen LogP contribution >= 0.6 is 0 Å². The number of fused-ring (bicyclic) bond motifs is 1. The lowest BCUT2D eigenvalue weighted by atomic mass is 9.90. The van der Waals surface area contributed by atoms with E-state index in [0.717, 1.165) is 16.3 Å². The maximum absolute atomic E-state index is 13.1. The quantitative estimate of drug-likeness (QED) is 0.729. The minimum Gasteiger partial charge on any atom is -0.319 e. The summed E-state index contributed by atoms with van der Waals surface area (Å²) in [6.07, 6.45) is 0. The molecular weight excluding hydrogens is 331 g/mol. The van der Waals surface area contributed by atoms with Crippen molar-refractivity contribution in [3.05, 3.63) is 83.7 Å². The molecule has 4 nitrogen and oxygen atoms in total. The summed E-state index contributed by atoms with van der Waals surface area (Å²) in [5.74, 6) is -0.672. The Kier molecular flexibility index (Phi) is 3.72. The molecule has 1 atom stereocenters. The zero-order valence-electron chi connectivity index (χ0n) is 14.2. The lowest BCUT2D eigenvalue weighted by Crippen LogP contribution is -2.40. The molecule has 1 fully saturated rings. The molecule has 0 bridgehead atoms. The molecule has 0 radical (unpaired) electrons. The number of hydrogen-bond donors (Lipinski definition) is 1. The first-order chi connectivity index (χ1) is 12.5. The number of urea groups is 1. The second kappa shape index (κ2) is 5.95. The highest BCUT2D eigenvalue weighted by Gasteiger charge is 2.48. The van der Waals surface area contributed by atoms with E-state index < -0.39 is 11.6 Å². The molecule has 0 spiro atoms. The van der Waals surface area contributed by atoms with Gasteiger partial charge in [0.2, 0.25) is 0 Å². The van der Waals surface area contributed by atoms with Crippen molar-refractivity contribution in [2.24, 2.45) is 0 Å². The van der Waals surface area contributed by atoms with Crippen LogP contribution in [0.15, 0.2) is 66.7 Å². The van der Waals surface area contributed by atoms with E-state index >= 15 is 0 Å². The Bertz CT molecular complexity index is 1020. The molecule has 1 aliphatic rings. The van der Waals surface area contributed by atoms with Crippen LogP contribution in [0.1, 0.15) is 18.1 Å². The maximum Gasteiger partial charge on any atom is 0.325 e. The van der Waals surface area contributed by atoms with Crippen LogP contribution in [0.5, 0.6) is 0 Å². The van der Waals surface area contributed by atoms with Crippen molar-refractivity contribution in [3.63, 3.8) is 0 Å². The first kappa shape index (κ1) is 16.3. The molecule has 1 N–H and O–H groups in total. The van der Waals surface area contributed by atoms with E-state index in [4.69, 9.17) is 0 Å². The van der Waals surface area contributed by atoms with Crippen molar-refractivity contribution in [2.45, 2.75) is 19.0 Å². The van der Waals surface area contributed by atoms with Gasteiger partial charge in [-0.1, -0.05) is 48.5 Å². The zero-order valence-corrected chi connectivity index (χ0v) is 14.2. The molecule has 0 aromatic heterocycles. The molecule has 3 aromatic rings. The van der Waals surface area contributed by atoms with E-state index in [9.17, 15) is 14.0 Å². The van der Waals surface area contributed by atoms with Gasteiger partial charge in [0, 0.05) is 0 Å². The molecule has 3 amide bonds. The van der Waals surface area contributed by atoms with Gasteiger partial charge in [0.1, 0.15) is 11.4 Å². The van der Waals surface area contributed by atoms with Crippen LogP contribution < -0.4 is 5.32 Å². The summed E-state index contributed by atoms with van der Waals surface area (Å²) in [4.78, 5) is 26.6. The smallest absolute Gasteiger partial charge is 0.319 e. The Balaban J connectivity index is 1.66. The second-order valence-corrected chi connectivity index (χ2v) is 6.63. The van der Waals surface area contributed by atoms with Gasteiger partial charge in [-0.2, -0.15) is 0 Å². The van der Waals surface area contributed by atoms with Crippen molar-refractivity contribution in [1.82, 2.24) is 10.2 Å². The van der Waals surface area contributed by atoms with E-state index in [1.807, 2.05) is 42.5 Å². The Morgan fingerprint density at radius 3 is 2.38 bits per heavy atom. The van der Waals surface area contributed by atoms with E-state index in [0.29, 0.717) is 5.56 Å². The summed E-state index contributed by atoms with van der Waals surface area (Å²) in [5.41, 5.74) is 0.301. The highest BCUT2D eigenvalue weighted by molar-refractivity contribution is 6.07. The summed E-state index contributed by atoms with van der Waals surface area (Å²) < 4.78 is 13.1. The molecular formula is C21H17FN2O2. The summed E-state index contributed by atoms with van der Waals surface area (Å²) in [6, 6.07) is 18.9. The van der Waals surface area contributed by atoms with Crippen LogP contribution in [-0.4, -0.2) is 16.8 Å². The van der Waals surface area contributed by atoms with Gasteiger partial charge in [-0.3, -0.25) is 9.69 Å². The molecule has 0 saturated carbocycles. The van der Waals surface area contributed by atoms with Crippen LogP contribution in [0, 0.1) is 5.82 Å². The minimum atomic E-state index is -1.12. The lowest BCUT2D eigenvalue weighted by Gasteiger charge is -2.22. The van der Waals surface area contributed by atoms with Crippen LogP contribution in [0.25, 0.3) is 10.8 Å². The third kappa shape index (κ3) is 2.62. The highest BCUT2D eigenvalue weighted by atomic mass is 19.1. The van der Waals surface area contributed by atoms with Crippen molar-refractivity contribution in [3.8, 4) is 0 Å². The van der Waals surface area contributed by atoms with Gasteiger partial charge in [0.15, 0.2) is 0 Å². The Morgan fingerprint density at radius 1 is 0.962 bits per heavy atom. The number of hydrogen-bond acceptors (Lipinski definition) is 2. The maximum atomic E-state index is 13.1. The number of amides is 3. The van der Waals surface area contributed by atoms with Crippen molar-refractivity contribution < 1.29 is 14.0 Å². The van der Waals surface area contributed by atoms with Gasteiger partial charge in [0.25, 0.3) is 5.91 Å². The SMILES string of the molecule is C[C@]1(c2ccc3ccccc3c2)NC(=O)N(Cc2ccc(F)cc2)C1=O. The molecule has 1 heterocycles. The van der Waals surface area contributed by atoms with E-state index in [1.54, 1.807) is 19.1 Å². The van der Waals surface area contributed by atoms with Gasteiger partial charge in [0.05, 0.1) is 6.54 Å². The average Bonchev–Trinajstić information content (AvgIpc) is 2.87. The summed E-state index contributed by atoms with van der Waals surface area (Å²) >= 11 is 0. The Morgan fingerprint density at radius 2 is 1.65 bits per heavy atom. The standard InChI is InChI=1S/C21H17FN2O2/c1-21(17-9-8-15-4-2-3-5-16(15)12-17)19(25)24(20(26)23-21)13-14-6-10-18(22)11-7-14/h2-12H,13H2,1H3,(H,23,26)/t21-/m1/s1. The Labute approximate surface area is 150 Å². The number of carbonyl (C=O) groups excluding carboxylic acids is 2. The van der Waals surface area contributed by atoms with Crippen molar-refractivity contribution in [2.75, 3.05) is 0 Å². The van der Waals surface area contributed by atoms with Gasteiger partial charge < -0.3 is 5.32 Å². The molecule has 3 aromatic carbocycles. The summed E-state index contributed by atoms with van der Waals surface area (Å²) in [6.45, 7) is 1.82. The molecule has 1 saturated heterocycles. The third-order valence-corrected chi connectivity index (χ3v) is 4.86. The van der Waals surface area contributed by atoms with Gasteiger partial charge in [-0.15, -0.1) is 0 Å². The first-order valence-electron chi connectivity index (χ1n) is 8.35. The van der Waals surface area contributed by atoms with Crippen molar-refractivity contribution in [1.29, 1.82) is 0 Å². The fraction of sp³-hybridized carbons (Fsp3) is 0.143. The second-order valence-electron chi connectivity index (χ2n) is 6.63. The Hall–Kier alpha value is -3.21. The summed E-state index contributed by atoms with van der Waals surface area (Å²) in [5, 5.41) is 4.88. The molecule has 0 aliphatic carbocycles. The van der Waals surface area contributed by atoms with Crippen molar-refractivity contribution >= 4 is 22.7 Å². The van der Waals surface area contributed by atoms with Crippen LogP contribution in [-0.2, 0) is 16.9 Å².